The SMILES string of the molecule is CC(=O)OC[C@]12[C@H](OC(C)=O)C(OC(C)=O)C3[C@@H](OC(C)=O)[C@@]14OC3(C)COC(=O)c1cnccc1CC(C)C(=O)O[C@@H]([C@H](OC(C)=O)[C@@H]2OC(C)=O)[C@]4(C)O. The Kier molecular flexibility index (Phi) is 11.3. The summed E-state index contributed by atoms with van der Waals surface area (Å²) >= 11 is 0. The summed E-state index contributed by atoms with van der Waals surface area (Å²) in [5.41, 5.74) is -9.87. The highest BCUT2D eigenvalue weighted by atomic mass is 16.7. The molecule has 306 valence electrons. The minimum atomic E-state index is -2.80. The highest BCUT2D eigenvalue weighted by molar-refractivity contribution is 5.91. The molecule has 12 atom stereocenters. The van der Waals surface area contributed by atoms with E-state index in [0.29, 0.717) is 5.56 Å². The molecule has 5 rings (SSSR count). The smallest absolute Gasteiger partial charge is 0.340 e. The highest BCUT2D eigenvalue weighted by Gasteiger charge is 2.92. The molecule has 0 amide bonds. The maximum absolute atomic E-state index is 14.2. The first kappa shape index (κ1) is 42.0. The second-order valence-corrected chi connectivity index (χ2v) is 15.0. The molecular weight excluding hydrogens is 746 g/mol. The summed E-state index contributed by atoms with van der Waals surface area (Å²) in [4.78, 5) is 110. The van der Waals surface area contributed by atoms with Crippen molar-refractivity contribution in [3.05, 3.63) is 29.6 Å². The fourth-order valence-corrected chi connectivity index (χ4v) is 9.06. The molecule has 2 aliphatic carbocycles. The van der Waals surface area contributed by atoms with Gasteiger partial charge in [-0.3, -0.25) is 38.5 Å². The number of hydrogen-bond acceptors (Lipinski definition) is 19. The Labute approximate surface area is 320 Å². The van der Waals surface area contributed by atoms with Crippen LogP contribution in [0.5, 0.6) is 0 Å². The normalized spacial score (nSPS) is 37.3. The van der Waals surface area contributed by atoms with Gasteiger partial charge in [0.2, 0.25) is 0 Å². The van der Waals surface area contributed by atoms with Gasteiger partial charge in [-0.2, -0.15) is 0 Å². The second-order valence-electron chi connectivity index (χ2n) is 15.0. The van der Waals surface area contributed by atoms with Crippen LogP contribution in [0.2, 0.25) is 0 Å². The average Bonchev–Trinajstić information content (AvgIpc) is 3.29. The Morgan fingerprint density at radius 3 is 1.89 bits per heavy atom. The number of carbonyl (C=O) groups is 8. The van der Waals surface area contributed by atoms with Crippen LogP contribution in [0.25, 0.3) is 0 Å². The van der Waals surface area contributed by atoms with Crippen molar-refractivity contribution in [2.24, 2.45) is 17.3 Å². The predicted molar refractivity (Wildman–Crippen MR) is 180 cm³/mol. The van der Waals surface area contributed by atoms with E-state index in [9.17, 15) is 43.5 Å². The molecule has 1 spiro atoms. The zero-order chi connectivity index (χ0) is 41.7. The summed E-state index contributed by atoms with van der Waals surface area (Å²) in [5, 5.41) is 13.3. The standard InChI is InChI=1S/C37H45NO18/c1-16-12-23-10-11-38-13-24(23)33(46)49-14-34(8)25-26(50-18(3)40)30(53-21(6)43)36(15-48-17(2)39)31(54-22(7)44)27(51-19(4)41)29(55-32(16)45)35(9,47)37(36,56-34)28(25)52-20(5)42/h10-11,13,16,25-31,47H,12,14-15H2,1-9H3/t16?,25?,26?,27-,28+,29-,30+,31-,34?,35-,36+,37-/m0/s1. The van der Waals surface area contributed by atoms with E-state index in [1.807, 2.05) is 0 Å². The largest absolute Gasteiger partial charge is 0.465 e. The Hall–Kier alpha value is -5.17. The molecule has 0 aromatic carbocycles. The molecule has 4 bridgehead atoms. The first-order valence-corrected chi connectivity index (χ1v) is 17.8. The number of carbonyl (C=O) groups excluding carboxylic acids is 8. The lowest BCUT2D eigenvalue weighted by molar-refractivity contribution is -0.386. The number of pyridine rings is 1. The van der Waals surface area contributed by atoms with Crippen LogP contribution in [0.15, 0.2) is 18.5 Å². The van der Waals surface area contributed by atoms with Gasteiger partial charge in [0.25, 0.3) is 0 Å². The number of hydrogen-bond donors (Lipinski definition) is 1. The van der Waals surface area contributed by atoms with Crippen LogP contribution in [0.3, 0.4) is 0 Å². The monoisotopic (exact) mass is 791 g/mol. The van der Waals surface area contributed by atoms with Crippen molar-refractivity contribution in [1.82, 2.24) is 4.98 Å². The summed E-state index contributed by atoms with van der Waals surface area (Å²) in [7, 11) is 0. The maximum Gasteiger partial charge on any atom is 0.340 e. The van der Waals surface area contributed by atoms with Gasteiger partial charge < -0.3 is 47.7 Å². The molecule has 19 heteroatoms. The van der Waals surface area contributed by atoms with E-state index in [4.69, 9.17) is 42.6 Å². The van der Waals surface area contributed by atoms with Crippen molar-refractivity contribution in [2.45, 2.75) is 122 Å². The topological polar surface area (TPSA) is 253 Å². The van der Waals surface area contributed by atoms with Gasteiger partial charge in [0, 0.05) is 53.9 Å². The van der Waals surface area contributed by atoms with Gasteiger partial charge in [0.05, 0.1) is 17.4 Å². The number of nitrogens with zero attached hydrogens (tertiary/aromatic N) is 1. The van der Waals surface area contributed by atoms with Crippen molar-refractivity contribution in [2.75, 3.05) is 13.2 Å². The molecule has 1 aromatic heterocycles. The van der Waals surface area contributed by atoms with Crippen LogP contribution in [0.4, 0.5) is 0 Å². The van der Waals surface area contributed by atoms with Crippen LogP contribution in [0.1, 0.15) is 78.2 Å². The zero-order valence-corrected chi connectivity index (χ0v) is 32.3. The summed E-state index contributed by atoms with van der Waals surface area (Å²) in [6.07, 6.45) is -9.38. The van der Waals surface area contributed by atoms with E-state index < -0.39 is 132 Å². The minimum Gasteiger partial charge on any atom is -0.465 e. The molecule has 4 unspecified atom stereocenters. The highest BCUT2D eigenvalue weighted by Crippen LogP contribution is 2.70. The van der Waals surface area contributed by atoms with Crippen molar-refractivity contribution >= 4 is 47.8 Å². The number of fused-ring (bicyclic) bond motifs is 5. The number of aromatic nitrogens is 1. The summed E-state index contributed by atoms with van der Waals surface area (Å²) in [5.74, 6) is -10.7. The van der Waals surface area contributed by atoms with Gasteiger partial charge in [0.1, 0.15) is 42.0 Å². The first-order valence-electron chi connectivity index (χ1n) is 17.8. The van der Waals surface area contributed by atoms with Gasteiger partial charge in [-0.15, -0.1) is 0 Å². The molecule has 56 heavy (non-hydrogen) atoms. The van der Waals surface area contributed by atoms with Crippen molar-refractivity contribution in [3.63, 3.8) is 0 Å². The lowest BCUT2D eigenvalue weighted by atomic mass is 9.45. The zero-order valence-electron chi connectivity index (χ0n) is 32.3. The predicted octanol–water partition coefficient (Wildman–Crippen LogP) is 0.473. The Morgan fingerprint density at radius 2 is 1.34 bits per heavy atom. The average molecular weight is 792 g/mol. The van der Waals surface area contributed by atoms with E-state index in [2.05, 4.69) is 4.98 Å². The first-order chi connectivity index (χ1) is 26.0. The van der Waals surface area contributed by atoms with Gasteiger partial charge in [0.15, 0.2) is 30.0 Å². The lowest BCUT2D eigenvalue weighted by Gasteiger charge is -2.67. The van der Waals surface area contributed by atoms with E-state index in [1.165, 1.54) is 32.3 Å². The molecule has 19 nitrogen and oxygen atoms in total. The molecule has 1 N–H and O–H groups in total. The van der Waals surface area contributed by atoms with Crippen molar-refractivity contribution < 1.29 is 86.1 Å². The van der Waals surface area contributed by atoms with Crippen molar-refractivity contribution in [3.8, 4) is 0 Å². The Morgan fingerprint density at radius 1 is 0.804 bits per heavy atom. The minimum absolute atomic E-state index is 0.0399. The van der Waals surface area contributed by atoms with E-state index in [1.54, 1.807) is 0 Å². The molecule has 1 saturated heterocycles. The fraction of sp³-hybridized carbons (Fsp3) is 0.649. The third-order valence-corrected chi connectivity index (χ3v) is 10.9. The second kappa shape index (κ2) is 15.1. The van der Waals surface area contributed by atoms with Crippen LogP contribution in [-0.4, -0.2) is 124 Å². The molecule has 2 aliphatic heterocycles. The van der Waals surface area contributed by atoms with Crippen LogP contribution < -0.4 is 0 Å². The van der Waals surface area contributed by atoms with E-state index >= 15 is 0 Å². The maximum atomic E-state index is 14.2. The van der Waals surface area contributed by atoms with Gasteiger partial charge in [-0.25, -0.2) is 4.79 Å². The van der Waals surface area contributed by atoms with Gasteiger partial charge >= 0.3 is 47.8 Å². The molecule has 3 fully saturated rings. The number of ether oxygens (including phenoxy) is 9. The Balaban J connectivity index is 2.00. The Bertz CT molecular complexity index is 1830. The number of cyclic esters (lactones) is 1. The lowest BCUT2D eigenvalue weighted by Crippen LogP contribution is -2.89. The summed E-state index contributed by atoms with van der Waals surface area (Å²) in [6.45, 7) is 8.08. The molecule has 1 aromatic rings. The third kappa shape index (κ3) is 6.84. The summed E-state index contributed by atoms with van der Waals surface area (Å²) < 4.78 is 54.1. The van der Waals surface area contributed by atoms with Crippen LogP contribution >= 0.6 is 0 Å². The van der Waals surface area contributed by atoms with Crippen molar-refractivity contribution in [1.29, 1.82) is 0 Å². The van der Waals surface area contributed by atoms with Gasteiger partial charge in [-0.1, -0.05) is 6.92 Å². The molecule has 3 heterocycles. The fourth-order valence-electron chi connectivity index (χ4n) is 9.06. The third-order valence-electron chi connectivity index (χ3n) is 10.9. The molecular formula is C37H45NO18. The quantitative estimate of drug-likeness (QED) is 0.291. The number of rotatable bonds is 7. The molecule has 0 radical (unpaired) electrons. The van der Waals surface area contributed by atoms with Crippen LogP contribution in [0, 0.1) is 17.3 Å². The number of esters is 8. The van der Waals surface area contributed by atoms with Gasteiger partial charge in [-0.05, 0) is 31.9 Å². The summed E-state index contributed by atoms with van der Waals surface area (Å²) in [6, 6.07) is 1.48. The molecule has 2 saturated carbocycles. The van der Waals surface area contributed by atoms with Crippen LogP contribution in [-0.2, 0) is 82.6 Å². The number of aliphatic hydroxyl groups is 1. The van der Waals surface area contributed by atoms with E-state index in [-0.39, 0.29) is 12.0 Å². The molecule has 4 aliphatic rings. The van der Waals surface area contributed by atoms with E-state index in [0.717, 1.165) is 48.5 Å².